The van der Waals surface area contributed by atoms with Crippen LogP contribution in [0.15, 0.2) is 12.5 Å². The summed E-state index contributed by atoms with van der Waals surface area (Å²) in [7, 11) is 1.85. The SMILES string of the molecule is CC(=O)C(O)O.Cn1cncc1CO. The number of carbonyl (C=O) groups is 1. The molecule has 0 atom stereocenters. The number of rotatable bonds is 2. The van der Waals surface area contributed by atoms with Crippen LogP contribution in [-0.2, 0) is 18.4 Å². The van der Waals surface area contributed by atoms with Gasteiger partial charge in [0.2, 0.25) is 6.29 Å². The van der Waals surface area contributed by atoms with Crippen LogP contribution in [0.5, 0.6) is 0 Å². The molecule has 1 aromatic rings. The Kier molecular flexibility index (Phi) is 5.70. The molecule has 0 aliphatic carbocycles. The molecule has 3 N–H and O–H groups in total. The van der Waals surface area contributed by atoms with Gasteiger partial charge in [0.25, 0.3) is 0 Å². The van der Waals surface area contributed by atoms with E-state index in [-0.39, 0.29) is 6.61 Å². The van der Waals surface area contributed by atoms with Gasteiger partial charge in [-0.05, 0) is 6.92 Å². The van der Waals surface area contributed by atoms with Crippen molar-refractivity contribution in [2.75, 3.05) is 0 Å². The topological polar surface area (TPSA) is 95.6 Å². The number of aliphatic hydroxyl groups is 3. The van der Waals surface area contributed by atoms with Gasteiger partial charge in [-0.1, -0.05) is 0 Å². The summed E-state index contributed by atoms with van der Waals surface area (Å²) < 4.78 is 1.78. The molecule has 0 unspecified atom stereocenters. The molecule has 0 bridgehead atoms. The fourth-order valence-corrected chi connectivity index (χ4v) is 0.537. The van der Waals surface area contributed by atoms with Crippen LogP contribution < -0.4 is 0 Å². The zero-order valence-corrected chi connectivity index (χ0v) is 8.08. The lowest BCUT2D eigenvalue weighted by atomic mass is 10.4. The highest BCUT2D eigenvalue weighted by Crippen LogP contribution is 1.92. The zero-order valence-electron chi connectivity index (χ0n) is 8.08. The van der Waals surface area contributed by atoms with Gasteiger partial charge in [-0.3, -0.25) is 4.79 Å². The van der Waals surface area contributed by atoms with E-state index in [2.05, 4.69) is 4.98 Å². The van der Waals surface area contributed by atoms with Gasteiger partial charge in [0.05, 0.1) is 24.8 Å². The zero-order chi connectivity index (χ0) is 11.1. The Hall–Kier alpha value is -1.24. The predicted molar refractivity (Wildman–Crippen MR) is 48.0 cm³/mol. The molecule has 0 spiro atoms. The van der Waals surface area contributed by atoms with Crippen LogP contribution in [0.2, 0.25) is 0 Å². The minimum atomic E-state index is -1.79. The van der Waals surface area contributed by atoms with Crippen LogP contribution in [0, 0.1) is 0 Å². The van der Waals surface area contributed by atoms with Gasteiger partial charge in [-0.25, -0.2) is 4.98 Å². The molecule has 6 nitrogen and oxygen atoms in total. The number of hydrogen-bond acceptors (Lipinski definition) is 5. The minimum absolute atomic E-state index is 0.0660. The molecule has 1 heterocycles. The monoisotopic (exact) mass is 202 g/mol. The Bertz CT molecular complexity index is 283. The van der Waals surface area contributed by atoms with E-state index < -0.39 is 12.1 Å². The molecule has 80 valence electrons. The number of Topliss-reactive ketones (excluding diaryl/α,β-unsaturated/α-hetero) is 1. The quantitative estimate of drug-likeness (QED) is 0.523. The average Bonchev–Trinajstić information content (AvgIpc) is 2.51. The lowest BCUT2D eigenvalue weighted by Crippen LogP contribution is -2.14. The van der Waals surface area contributed by atoms with Crippen molar-refractivity contribution >= 4 is 5.78 Å². The van der Waals surface area contributed by atoms with Crippen molar-refractivity contribution in [2.45, 2.75) is 19.8 Å². The number of hydrogen-bond donors (Lipinski definition) is 3. The van der Waals surface area contributed by atoms with Crippen molar-refractivity contribution in [3.63, 3.8) is 0 Å². The van der Waals surface area contributed by atoms with Gasteiger partial charge in [0.15, 0.2) is 5.78 Å². The van der Waals surface area contributed by atoms with Gasteiger partial charge >= 0.3 is 0 Å². The molecular formula is C8H14N2O4. The lowest BCUT2D eigenvalue weighted by molar-refractivity contribution is -0.142. The van der Waals surface area contributed by atoms with Gasteiger partial charge in [0, 0.05) is 7.05 Å². The van der Waals surface area contributed by atoms with Gasteiger partial charge < -0.3 is 19.9 Å². The smallest absolute Gasteiger partial charge is 0.212 e. The summed E-state index contributed by atoms with van der Waals surface area (Å²) in [6.45, 7) is 1.17. The molecule has 6 heteroatoms. The van der Waals surface area contributed by atoms with Crippen molar-refractivity contribution in [1.82, 2.24) is 9.55 Å². The second kappa shape index (κ2) is 6.25. The maximum absolute atomic E-state index is 9.64. The van der Waals surface area contributed by atoms with E-state index in [1.165, 1.54) is 0 Å². The van der Waals surface area contributed by atoms with Gasteiger partial charge in [0.1, 0.15) is 0 Å². The Labute approximate surface area is 81.4 Å². The highest BCUT2D eigenvalue weighted by molar-refractivity contribution is 5.78. The molecule has 0 aromatic carbocycles. The van der Waals surface area contributed by atoms with Crippen LogP contribution >= 0.6 is 0 Å². The Morgan fingerprint density at radius 2 is 2.14 bits per heavy atom. The van der Waals surface area contributed by atoms with E-state index in [9.17, 15) is 4.79 Å². The largest absolute Gasteiger partial charge is 0.390 e. The third kappa shape index (κ3) is 4.70. The predicted octanol–water partition coefficient (Wildman–Crippen LogP) is -1.20. The molecule has 0 saturated carbocycles. The maximum atomic E-state index is 9.64. The molecule has 0 fully saturated rings. The summed E-state index contributed by atoms with van der Waals surface area (Å²) in [4.78, 5) is 13.4. The first-order valence-corrected chi connectivity index (χ1v) is 3.91. The fraction of sp³-hybridized carbons (Fsp3) is 0.500. The first kappa shape index (κ1) is 12.8. The van der Waals surface area contributed by atoms with Crippen molar-refractivity contribution < 1.29 is 20.1 Å². The average molecular weight is 202 g/mol. The summed E-state index contributed by atoms with van der Waals surface area (Å²) in [5.41, 5.74) is 0.838. The Morgan fingerprint density at radius 1 is 1.64 bits per heavy atom. The Balaban J connectivity index is 0.000000255. The first-order valence-electron chi connectivity index (χ1n) is 3.91. The van der Waals surface area contributed by atoms with Crippen LogP contribution in [0.4, 0.5) is 0 Å². The summed E-state index contributed by atoms with van der Waals surface area (Å²) in [6.07, 6.45) is 1.51. The number of nitrogens with zero attached hydrogens (tertiary/aromatic N) is 2. The number of ketones is 1. The number of aliphatic hydroxyl groups excluding tert-OH is 2. The number of aromatic nitrogens is 2. The van der Waals surface area contributed by atoms with Gasteiger partial charge in [-0.15, -0.1) is 0 Å². The summed E-state index contributed by atoms with van der Waals surface area (Å²) in [5.74, 6) is -0.630. The normalized spacial score (nSPS) is 9.57. The van der Waals surface area contributed by atoms with E-state index in [1.54, 1.807) is 17.1 Å². The van der Waals surface area contributed by atoms with Crippen molar-refractivity contribution in [3.05, 3.63) is 18.2 Å². The summed E-state index contributed by atoms with van der Waals surface area (Å²) in [5, 5.41) is 24.2. The molecule has 0 radical (unpaired) electrons. The van der Waals surface area contributed by atoms with Crippen LogP contribution in [0.3, 0.4) is 0 Å². The molecule has 0 amide bonds. The number of imidazole rings is 1. The number of aryl methyl sites for hydroxylation is 1. The van der Waals surface area contributed by atoms with E-state index in [4.69, 9.17) is 15.3 Å². The molecule has 0 aliphatic rings. The van der Waals surface area contributed by atoms with E-state index in [0.29, 0.717) is 0 Å². The van der Waals surface area contributed by atoms with Crippen molar-refractivity contribution in [1.29, 1.82) is 0 Å². The lowest BCUT2D eigenvalue weighted by Gasteiger charge is -1.92. The van der Waals surface area contributed by atoms with Crippen molar-refractivity contribution in [3.8, 4) is 0 Å². The molecule has 1 rings (SSSR count). The van der Waals surface area contributed by atoms with Crippen LogP contribution in [0.25, 0.3) is 0 Å². The highest BCUT2D eigenvalue weighted by atomic mass is 16.5. The second-order valence-corrected chi connectivity index (χ2v) is 2.64. The van der Waals surface area contributed by atoms with E-state index in [1.807, 2.05) is 7.05 Å². The maximum Gasteiger partial charge on any atom is 0.212 e. The van der Waals surface area contributed by atoms with Crippen LogP contribution in [-0.4, -0.2) is 36.9 Å². The van der Waals surface area contributed by atoms with Gasteiger partial charge in [-0.2, -0.15) is 0 Å². The third-order valence-corrected chi connectivity index (χ3v) is 1.44. The van der Waals surface area contributed by atoms with E-state index in [0.717, 1.165) is 12.6 Å². The molecule has 0 saturated heterocycles. The van der Waals surface area contributed by atoms with Crippen LogP contribution in [0.1, 0.15) is 12.6 Å². The van der Waals surface area contributed by atoms with Crippen molar-refractivity contribution in [2.24, 2.45) is 7.05 Å². The molecule has 14 heavy (non-hydrogen) atoms. The Morgan fingerprint density at radius 3 is 2.29 bits per heavy atom. The number of carbonyl (C=O) groups excluding carboxylic acids is 1. The fourth-order valence-electron chi connectivity index (χ4n) is 0.537. The summed E-state index contributed by atoms with van der Waals surface area (Å²) in [6, 6.07) is 0. The standard InChI is InChI=1S/C5H8N2O.C3H6O3/c1-7-4-6-2-5(7)3-8;1-2(4)3(5)6/h2,4,8H,3H2,1H3;3,5-6H,1H3. The first-order chi connectivity index (χ1) is 6.49. The molecular weight excluding hydrogens is 188 g/mol. The summed E-state index contributed by atoms with van der Waals surface area (Å²) >= 11 is 0. The third-order valence-electron chi connectivity index (χ3n) is 1.44. The van der Waals surface area contributed by atoms with E-state index >= 15 is 0 Å². The second-order valence-electron chi connectivity index (χ2n) is 2.64. The molecule has 1 aromatic heterocycles. The minimum Gasteiger partial charge on any atom is -0.390 e. The molecule has 0 aliphatic heterocycles. The highest BCUT2D eigenvalue weighted by Gasteiger charge is 1.99.